The van der Waals surface area contributed by atoms with Gasteiger partial charge in [0.05, 0.1) is 6.78 Å². The van der Waals surface area contributed by atoms with Crippen molar-refractivity contribution in [2.75, 3.05) is 0 Å². The molecule has 6 rings (SSSR count). The third-order valence-electron chi connectivity index (χ3n) is 6.49. The van der Waals surface area contributed by atoms with E-state index in [0.717, 1.165) is 6.78 Å². The summed E-state index contributed by atoms with van der Waals surface area (Å²) in [6.07, 6.45) is 0. The van der Waals surface area contributed by atoms with Crippen LogP contribution in [0.2, 0.25) is 0 Å². The summed E-state index contributed by atoms with van der Waals surface area (Å²) >= 11 is 14.9. The minimum atomic E-state index is 0.960. The Morgan fingerprint density at radius 2 is 0.529 bits per heavy atom. The Morgan fingerprint density at radius 1 is 0.324 bits per heavy atom. The van der Waals surface area contributed by atoms with Crippen molar-refractivity contribution in [2.24, 2.45) is 0 Å². The molecule has 6 aromatic carbocycles. The first-order valence-corrected chi connectivity index (χ1v) is 14.0. The first-order valence-electron chi connectivity index (χ1n) is 10.8. The number of fused-ring (bicyclic) bond motifs is 4. The Labute approximate surface area is 229 Å². The molecule has 0 fully saturated rings. The van der Waals surface area contributed by atoms with Crippen molar-refractivity contribution in [3.8, 4) is 0 Å². The largest absolute Gasteiger partial charge is 0.0688 e. The molecule has 6 aromatic rings. The minimum absolute atomic E-state index is 0.960. The molecule has 0 saturated carbocycles. The third kappa shape index (κ3) is 3.42. The highest BCUT2D eigenvalue weighted by molar-refractivity contribution is 9.34. The van der Waals surface area contributed by atoms with E-state index >= 15 is 0 Å². The molecule has 0 saturated heterocycles. The number of benzene rings is 6. The summed E-state index contributed by atoms with van der Waals surface area (Å²) < 4.78 is 1.92. The zero-order chi connectivity index (χ0) is 23.4. The molecule has 0 heterocycles. The molecule has 0 aliphatic carbocycles. The van der Waals surface area contributed by atoms with Crippen molar-refractivity contribution < 1.29 is 0 Å². The lowest BCUT2D eigenvalue weighted by Crippen LogP contribution is -2.08. The normalized spacial score (nSPS) is 11.5. The maximum atomic E-state index is 3.73. The van der Waals surface area contributed by atoms with Gasteiger partial charge in [0.1, 0.15) is 0 Å². The Bertz CT molecular complexity index is 1730. The highest BCUT2D eigenvalue weighted by atomic mass is 79.9. The highest BCUT2D eigenvalue weighted by Gasteiger charge is 2.12. The number of halogens is 4. The van der Waals surface area contributed by atoms with Crippen LogP contribution in [-0.4, -0.2) is 0 Å². The van der Waals surface area contributed by atoms with Crippen LogP contribution < -0.4 is 10.4 Å². The lowest BCUT2D eigenvalue weighted by molar-refractivity contribution is 1.62. The standard InChI is InChI=1S/C30H16Br4/c31-29(32)27-21-13-5-1-9-17(21)25(18-10-2-6-14-22(18)27)26-19-11-3-7-15-23(19)28(30(33)34)24-16-8-4-12-20(24)26/h1-16H. The van der Waals surface area contributed by atoms with E-state index in [1.807, 2.05) is 0 Å². The Hall–Kier alpha value is -1.98. The Morgan fingerprint density at radius 3 is 0.735 bits per heavy atom. The van der Waals surface area contributed by atoms with Gasteiger partial charge >= 0.3 is 0 Å². The predicted octanol–water partition coefficient (Wildman–Crippen LogP) is 9.30. The summed E-state index contributed by atoms with van der Waals surface area (Å²) in [4.78, 5) is 0. The molecule has 0 aromatic heterocycles. The zero-order valence-corrected chi connectivity index (χ0v) is 24.1. The fourth-order valence-corrected chi connectivity index (χ4v) is 6.91. The van der Waals surface area contributed by atoms with Crippen LogP contribution in [0, 0.1) is 10.4 Å². The molecular formula is C30H16Br4. The van der Waals surface area contributed by atoms with Gasteiger partial charge < -0.3 is 0 Å². The van der Waals surface area contributed by atoms with Gasteiger partial charge in [0.15, 0.2) is 0 Å². The lowest BCUT2D eigenvalue weighted by atomic mass is 9.92. The number of rotatable bonds is 0. The summed E-state index contributed by atoms with van der Waals surface area (Å²) in [6.45, 7) is 0. The SMILES string of the molecule is BrC(Br)=c1c2ccccc2c(=c2c3ccccc3c(=C(Br)Br)c3ccccc23)c2ccccc12. The zero-order valence-electron chi connectivity index (χ0n) is 17.7. The van der Waals surface area contributed by atoms with E-state index in [2.05, 4.69) is 161 Å². The predicted molar refractivity (Wildman–Crippen MR) is 162 cm³/mol. The summed E-state index contributed by atoms with van der Waals surface area (Å²) in [5.41, 5.74) is 0. The lowest BCUT2D eigenvalue weighted by Gasteiger charge is -2.12. The van der Waals surface area contributed by atoms with E-state index in [4.69, 9.17) is 0 Å². The second-order valence-electron chi connectivity index (χ2n) is 8.20. The summed E-state index contributed by atoms with van der Waals surface area (Å²) in [5, 5.41) is 14.7. The van der Waals surface area contributed by atoms with Crippen LogP contribution in [0.25, 0.3) is 49.9 Å². The summed E-state index contributed by atoms with van der Waals surface area (Å²) in [6, 6.07) is 34.8. The van der Waals surface area contributed by atoms with E-state index in [-0.39, 0.29) is 0 Å². The Kier molecular flexibility index (Phi) is 5.89. The van der Waals surface area contributed by atoms with Gasteiger partial charge in [0.2, 0.25) is 0 Å². The summed E-state index contributed by atoms with van der Waals surface area (Å²) in [5.74, 6) is 0. The molecule has 34 heavy (non-hydrogen) atoms. The van der Waals surface area contributed by atoms with Gasteiger partial charge in [-0.15, -0.1) is 0 Å². The van der Waals surface area contributed by atoms with Crippen LogP contribution in [0.4, 0.5) is 0 Å². The van der Waals surface area contributed by atoms with Gasteiger partial charge in [-0.2, -0.15) is 0 Å². The molecular weight excluding hydrogens is 680 g/mol. The van der Waals surface area contributed by atoms with Crippen LogP contribution in [0.5, 0.6) is 0 Å². The number of hydrogen-bond donors (Lipinski definition) is 0. The van der Waals surface area contributed by atoms with Crippen LogP contribution in [0.15, 0.2) is 97.1 Å². The quantitative estimate of drug-likeness (QED) is 0.139. The van der Waals surface area contributed by atoms with Crippen LogP contribution >= 0.6 is 63.7 Å². The van der Waals surface area contributed by atoms with Crippen molar-refractivity contribution in [2.45, 2.75) is 0 Å². The maximum absolute atomic E-state index is 3.73. The van der Waals surface area contributed by atoms with Crippen LogP contribution in [0.3, 0.4) is 0 Å². The van der Waals surface area contributed by atoms with Gasteiger partial charge in [0.25, 0.3) is 0 Å². The van der Waals surface area contributed by atoms with Gasteiger partial charge in [-0.3, -0.25) is 0 Å². The highest BCUT2D eigenvalue weighted by Crippen LogP contribution is 2.30. The minimum Gasteiger partial charge on any atom is -0.0616 e. The van der Waals surface area contributed by atoms with Gasteiger partial charge in [-0.05, 0) is 117 Å². The molecule has 0 bridgehead atoms. The fourth-order valence-electron chi connectivity index (χ4n) is 5.20. The third-order valence-corrected chi connectivity index (χ3v) is 8.08. The molecule has 0 amide bonds. The molecule has 0 N–H and O–H groups in total. The fraction of sp³-hybridized carbons (Fsp3) is 0. The van der Waals surface area contributed by atoms with E-state index in [1.165, 1.54) is 64.0 Å². The molecule has 0 radical (unpaired) electrons. The van der Waals surface area contributed by atoms with E-state index in [0.29, 0.717) is 0 Å². The van der Waals surface area contributed by atoms with Crippen molar-refractivity contribution in [3.63, 3.8) is 0 Å². The van der Waals surface area contributed by atoms with Crippen LogP contribution in [-0.2, 0) is 0 Å². The average molecular weight is 696 g/mol. The molecule has 0 aliphatic heterocycles. The molecule has 0 atom stereocenters. The molecule has 0 nitrogen and oxygen atoms in total. The molecule has 0 spiro atoms. The monoisotopic (exact) mass is 692 g/mol. The second-order valence-corrected chi connectivity index (χ2v) is 13.5. The van der Waals surface area contributed by atoms with Crippen molar-refractivity contribution in [3.05, 3.63) is 118 Å². The van der Waals surface area contributed by atoms with E-state index in [1.54, 1.807) is 0 Å². The molecule has 164 valence electrons. The average Bonchev–Trinajstić information content (AvgIpc) is 2.85. The second kappa shape index (κ2) is 8.91. The molecule has 0 aliphatic rings. The van der Waals surface area contributed by atoms with Crippen LogP contribution in [0.1, 0.15) is 0 Å². The van der Waals surface area contributed by atoms with E-state index in [9.17, 15) is 0 Å². The first kappa shape index (κ1) is 22.5. The van der Waals surface area contributed by atoms with Gasteiger partial charge in [-0.1, -0.05) is 97.1 Å². The topological polar surface area (TPSA) is 0 Å². The Balaban J connectivity index is 2.20. The maximum Gasteiger partial charge on any atom is 0.0688 e. The molecule has 4 heteroatoms. The van der Waals surface area contributed by atoms with Gasteiger partial charge in [-0.25, -0.2) is 0 Å². The van der Waals surface area contributed by atoms with E-state index < -0.39 is 0 Å². The smallest absolute Gasteiger partial charge is 0.0616 e. The van der Waals surface area contributed by atoms with Gasteiger partial charge in [0, 0.05) is 10.4 Å². The first-order chi connectivity index (χ1) is 16.6. The van der Waals surface area contributed by atoms with Crippen molar-refractivity contribution in [1.29, 1.82) is 0 Å². The number of hydrogen-bond acceptors (Lipinski definition) is 0. The summed E-state index contributed by atoms with van der Waals surface area (Å²) in [7, 11) is 0. The van der Waals surface area contributed by atoms with Crippen molar-refractivity contribution >= 4 is 114 Å². The molecule has 0 unspecified atom stereocenters. The van der Waals surface area contributed by atoms with Crippen molar-refractivity contribution in [1.82, 2.24) is 0 Å².